The highest BCUT2D eigenvalue weighted by Crippen LogP contribution is 2.25. The third-order valence-electron chi connectivity index (χ3n) is 4.78. The molecule has 0 bridgehead atoms. The average molecular weight is 417 g/mol. The van der Waals surface area contributed by atoms with E-state index in [2.05, 4.69) is 31.2 Å². The van der Waals surface area contributed by atoms with E-state index < -0.39 is 0 Å². The number of benzene rings is 1. The van der Waals surface area contributed by atoms with Crippen molar-refractivity contribution in [3.8, 4) is 5.69 Å². The molecule has 0 radical (unpaired) electrons. The molecule has 0 aliphatic carbocycles. The maximum atomic E-state index is 12.8. The van der Waals surface area contributed by atoms with E-state index in [-0.39, 0.29) is 10.6 Å². The highest BCUT2D eigenvalue weighted by Gasteiger charge is 2.21. The van der Waals surface area contributed by atoms with Crippen LogP contribution in [0.15, 0.2) is 41.3 Å². The third kappa shape index (κ3) is 3.74. The first-order chi connectivity index (χ1) is 13.7. The first kappa shape index (κ1) is 18.9. The second kappa shape index (κ2) is 8.28. The summed E-state index contributed by atoms with van der Waals surface area (Å²) in [6.45, 7) is 5.32. The summed E-state index contributed by atoms with van der Waals surface area (Å²) in [5, 5.41) is 5.52. The van der Waals surface area contributed by atoms with E-state index in [1.54, 1.807) is 6.20 Å². The minimum absolute atomic E-state index is 0.205. The second-order valence-electron chi connectivity index (χ2n) is 6.57. The highest BCUT2D eigenvalue weighted by atomic mass is 35.5. The zero-order valence-electron chi connectivity index (χ0n) is 15.6. The van der Waals surface area contributed by atoms with Gasteiger partial charge in [0.15, 0.2) is 0 Å². The van der Waals surface area contributed by atoms with Crippen LogP contribution < -0.4 is 15.4 Å². The Balaban J connectivity index is 1.54. The van der Waals surface area contributed by atoms with Crippen molar-refractivity contribution in [1.82, 2.24) is 19.1 Å². The Morgan fingerprint density at radius 1 is 1.11 bits per heavy atom. The molecule has 2 aromatic heterocycles. The zero-order valence-corrected chi connectivity index (χ0v) is 17.2. The van der Waals surface area contributed by atoms with E-state index in [0.29, 0.717) is 11.4 Å². The fourth-order valence-electron chi connectivity index (χ4n) is 3.26. The van der Waals surface area contributed by atoms with Gasteiger partial charge in [0.05, 0.1) is 17.6 Å². The molecule has 146 valence electrons. The molecule has 0 atom stereocenters. The van der Waals surface area contributed by atoms with Crippen molar-refractivity contribution >= 4 is 34.0 Å². The van der Waals surface area contributed by atoms with Gasteiger partial charge in [0.2, 0.25) is 5.13 Å². The van der Waals surface area contributed by atoms with E-state index in [9.17, 15) is 4.79 Å². The lowest BCUT2D eigenvalue weighted by Gasteiger charge is -2.24. The Hall–Kier alpha value is -2.45. The normalized spacial score (nSPS) is 14.9. The predicted octanol–water partition coefficient (Wildman–Crippen LogP) is 3.02. The Morgan fingerprint density at radius 2 is 1.86 bits per heavy atom. The van der Waals surface area contributed by atoms with Crippen molar-refractivity contribution in [1.29, 1.82) is 0 Å². The first-order valence-electron chi connectivity index (χ1n) is 9.33. The number of aromatic nitrogens is 4. The van der Waals surface area contributed by atoms with Gasteiger partial charge in [0.1, 0.15) is 10.8 Å². The number of para-hydroxylation sites is 1. The lowest BCUT2D eigenvalue weighted by molar-refractivity contribution is 0.773. The molecule has 0 unspecified atom stereocenters. The van der Waals surface area contributed by atoms with Crippen LogP contribution in [-0.4, -0.2) is 45.3 Å². The highest BCUT2D eigenvalue weighted by molar-refractivity contribution is 7.09. The van der Waals surface area contributed by atoms with Crippen molar-refractivity contribution < 1.29 is 0 Å². The van der Waals surface area contributed by atoms with Gasteiger partial charge in [-0.15, -0.1) is 0 Å². The topological polar surface area (TPSA) is 67.2 Å². The van der Waals surface area contributed by atoms with Gasteiger partial charge in [-0.3, -0.25) is 4.79 Å². The molecule has 0 saturated carbocycles. The predicted molar refractivity (Wildman–Crippen MR) is 113 cm³/mol. The van der Waals surface area contributed by atoms with Crippen LogP contribution in [0.25, 0.3) is 5.69 Å². The van der Waals surface area contributed by atoms with Crippen LogP contribution in [0.4, 0.5) is 10.8 Å². The number of hydrogen-bond acceptors (Lipinski definition) is 7. The molecular weight excluding hydrogens is 396 g/mol. The van der Waals surface area contributed by atoms with E-state index in [0.717, 1.165) is 50.0 Å². The number of hydrogen-bond donors (Lipinski definition) is 0. The lowest BCUT2D eigenvalue weighted by Crippen LogP contribution is -2.32. The molecule has 7 nitrogen and oxygen atoms in total. The number of aryl methyl sites for hydroxylation is 1. The fourth-order valence-corrected chi connectivity index (χ4v) is 4.31. The molecule has 4 rings (SSSR count). The van der Waals surface area contributed by atoms with E-state index in [4.69, 9.17) is 11.6 Å². The van der Waals surface area contributed by atoms with Crippen LogP contribution in [0.5, 0.6) is 0 Å². The van der Waals surface area contributed by atoms with Crippen LogP contribution in [0, 0.1) is 0 Å². The van der Waals surface area contributed by atoms with Crippen LogP contribution in [0.1, 0.15) is 19.2 Å². The van der Waals surface area contributed by atoms with Crippen LogP contribution in [0.3, 0.4) is 0 Å². The molecule has 3 heterocycles. The molecular formula is C19H21ClN6OS. The number of anilines is 2. The van der Waals surface area contributed by atoms with Crippen LogP contribution >= 0.6 is 23.1 Å². The second-order valence-corrected chi connectivity index (χ2v) is 7.68. The molecule has 3 aromatic rings. The summed E-state index contributed by atoms with van der Waals surface area (Å²) in [5.74, 6) is 0.887. The molecule has 1 fully saturated rings. The van der Waals surface area contributed by atoms with Gasteiger partial charge in [-0.05, 0) is 18.6 Å². The molecule has 1 saturated heterocycles. The maximum absolute atomic E-state index is 12.8. The summed E-state index contributed by atoms with van der Waals surface area (Å²) in [6, 6.07) is 9.30. The quantitative estimate of drug-likeness (QED) is 0.651. The van der Waals surface area contributed by atoms with Gasteiger partial charge in [-0.25, -0.2) is 4.98 Å². The summed E-state index contributed by atoms with van der Waals surface area (Å²) in [7, 11) is 0. The third-order valence-corrected chi connectivity index (χ3v) is 5.95. The fraction of sp³-hybridized carbons (Fsp3) is 0.368. The average Bonchev–Trinajstić information content (AvgIpc) is 3.08. The standard InChI is InChI=1S/C19H21ClN6OS/c1-2-16-22-19(28-23-16)25-10-6-9-24(11-12-25)15-13-21-26(18(27)17(15)20)14-7-4-3-5-8-14/h3-5,7-8,13H,2,6,9-12H2,1H3. The van der Waals surface area contributed by atoms with Gasteiger partial charge in [0.25, 0.3) is 5.56 Å². The Bertz CT molecular complexity index is 1010. The van der Waals surface area contributed by atoms with Crippen molar-refractivity contribution in [2.75, 3.05) is 36.0 Å². The number of nitrogens with zero attached hydrogens (tertiary/aromatic N) is 6. The van der Waals surface area contributed by atoms with Gasteiger partial charge >= 0.3 is 0 Å². The molecule has 28 heavy (non-hydrogen) atoms. The number of rotatable bonds is 4. The van der Waals surface area contributed by atoms with E-state index >= 15 is 0 Å². The van der Waals surface area contributed by atoms with Crippen molar-refractivity contribution in [3.05, 3.63) is 57.7 Å². The Morgan fingerprint density at radius 3 is 2.61 bits per heavy atom. The monoisotopic (exact) mass is 416 g/mol. The van der Waals surface area contributed by atoms with Crippen molar-refractivity contribution in [3.63, 3.8) is 0 Å². The zero-order chi connectivity index (χ0) is 19.5. The van der Waals surface area contributed by atoms with Crippen LogP contribution in [0.2, 0.25) is 5.02 Å². The van der Waals surface area contributed by atoms with Gasteiger partial charge in [0, 0.05) is 44.1 Å². The molecule has 0 spiro atoms. The minimum atomic E-state index is -0.303. The summed E-state index contributed by atoms with van der Waals surface area (Å²) < 4.78 is 5.72. The molecule has 1 aliphatic rings. The largest absolute Gasteiger partial charge is 0.367 e. The Labute approximate surface area is 172 Å². The minimum Gasteiger partial charge on any atom is -0.367 e. The van der Waals surface area contributed by atoms with E-state index in [1.807, 2.05) is 30.3 Å². The Kier molecular flexibility index (Phi) is 5.59. The first-order valence-corrected chi connectivity index (χ1v) is 10.5. The molecule has 1 aromatic carbocycles. The molecule has 0 N–H and O–H groups in total. The van der Waals surface area contributed by atoms with Gasteiger partial charge < -0.3 is 9.80 Å². The van der Waals surface area contributed by atoms with Gasteiger partial charge in [-0.2, -0.15) is 14.2 Å². The lowest BCUT2D eigenvalue weighted by atomic mass is 10.3. The van der Waals surface area contributed by atoms with Crippen molar-refractivity contribution in [2.45, 2.75) is 19.8 Å². The van der Waals surface area contributed by atoms with Gasteiger partial charge in [-0.1, -0.05) is 36.7 Å². The molecule has 1 aliphatic heterocycles. The summed E-state index contributed by atoms with van der Waals surface area (Å²) in [5.41, 5.74) is 1.08. The number of halogens is 1. The maximum Gasteiger partial charge on any atom is 0.292 e. The summed E-state index contributed by atoms with van der Waals surface area (Å²) in [6.07, 6.45) is 3.47. The van der Waals surface area contributed by atoms with E-state index in [1.165, 1.54) is 16.2 Å². The van der Waals surface area contributed by atoms with Crippen molar-refractivity contribution in [2.24, 2.45) is 0 Å². The smallest absolute Gasteiger partial charge is 0.292 e. The van der Waals surface area contributed by atoms with Crippen LogP contribution in [-0.2, 0) is 6.42 Å². The summed E-state index contributed by atoms with van der Waals surface area (Å²) >= 11 is 7.91. The summed E-state index contributed by atoms with van der Waals surface area (Å²) in [4.78, 5) is 21.7. The molecule has 0 amide bonds. The SMILES string of the molecule is CCc1nsc(N2CCCN(c3cnn(-c4ccccc4)c(=O)c3Cl)CC2)n1. The molecule has 9 heteroatoms.